The average Bonchev–Trinajstić information content (AvgIpc) is 2.67. The Morgan fingerprint density at radius 3 is 1.16 bits per heavy atom. The second kappa shape index (κ2) is 8.19. The van der Waals surface area contributed by atoms with Crippen molar-refractivity contribution in [1.82, 2.24) is 0 Å². The Bertz CT molecular complexity index is 765. The quantitative estimate of drug-likeness (QED) is 0.324. The summed E-state index contributed by atoms with van der Waals surface area (Å²) in [6.45, 7) is 12.2. The van der Waals surface area contributed by atoms with Crippen molar-refractivity contribution >= 4 is 23.9 Å². The van der Waals surface area contributed by atoms with E-state index >= 15 is 0 Å². The third-order valence-electron chi connectivity index (χ3n) is 7.16. The molecule has 0 radical (unpaired) electrons. The van der Waals surface area contributed by atoms with E-state index < -0.39 is 45.9 Å². The van der Waals surface area contributed by atoms with Crippen molar-refractivity contribution in [3.8, 4) is 0 Å². The zero-order valence-electron chi connectivity index (χ0n) is 20.2. The van der Waals surface area contributed by atoms with Crippen LogP contribution in [0.4, 0.5) is 0 Å². The first kappa shape index (κ1) is 25.9. The van der Waals surface area contributed by atoms with Crippen LogP contribution in [-0.2, 0) is 28.7 Å². The van der Waals surface area contributed by atoms with Gasteiger partial charge in [0, 0.05) is 11.8 Å². The van der Waals surface area contributed by atoms with E-state index in [1.54, 1.807) is 27.7 Å². The minimum atomic E-state index is -1.70. The molecule has 180 valence electrons. The predicted octanol–water partition coefficient (Wildman–Crippen LogP) is 3.68. The SMILES string of the molecule is CC(C)(C(=O)O)C(=O)OC(C)(C)C1C2C=CC(CC2)C1C(C)(C)OC(=O)C(C)(C)C(=O)O. The van der Waals surface area contributed by atoms with Gasteiger partial charge in [-0.05, 0) is 80.1 Å². The highest BCUT2D eigenvalue weighted by Crippen LogP contribution is 2.55. The zero-order chi connectivity index (χ0) is 24.9. The maximum atomic E-state index is 12.7. The second-order valence-electron chi connectivity index (χ2n) is 11.2. The molecule has 0 aliphatic heterocycles. The van der Waals surface area contributed by atoms with Gasteiger partial charge in [-0.3, -0.25) is 19.2 Å². The molecule has 0 aromatic rings. The highest BCUT2D eigenvalue weighted by Gasteiger charge is 2.57. The molecule has 0 aromatic heterocycles. The van der Waals surface area contributed by atoms with Gasteiger partial charge in [-0.1, -0.05) is 12.2 Å². The summed E-state index contributed by atoms with van der Waals surface area (Å²) >= 11 is 0. The molecule has 3 rings (SSSR count). The number of hydrogen-bond acceptors (Lipinski definition) is 6. The fourth-order valence-corrected chi connectivity index (χ4v) is 4.93. The van der Waals surface area contributed by atoms with Crippen molar-refractivity contribution < 1.29 is 38.9 Å². The first-order chi connectivity index (χ1) is 14.4. The molecule has 4 unspecified atom stereocenters. The monoisotopic (exact) mass is 452 g/mol. The molecular weight excluding hydrogens is 416 g/mol. The van der Waals surface area contributed by atoms with Crippen LogP contribution in [0.25, 0.3) is 0 Å². The van der Waals surface area contributed by atoms with E-state index in [2.05, 4.69) is 12.2 Å². The van der Waals surface area contributed by atoms with E-state index in [4.69, 9.17) is 9.47 Å². The maximum Gasteiger partial charge on any atom is 0.323 e. The van der Waals surface area contributed by atoms with Crippen molar-refractivity contribution in [2.45, 2.75) is 79.4 Å². The number of fused-ring (bicyclic) bond motifs is 2. The number of allylic oxidation sites excluding steroid dienone is 2. The van der Waals surface area contributed by atoms with Crippen LogP contribution in [0.3, 0.4) is 0 Å². The molecular formula is C24H36O8. The first-order valence-corrected chi connectivity index (χ1v) is 11.0. The summed E-state index contributed by atoms with van der Waals surface area (Å²) in [5.74, 6) is -4.62. The maximum absolute atomic E-state index is 12.7. The normalized spacial score (nSPS) is 25.9. The lowest BCUT2D eigenvalue weighted by molar-refractivity contribution is -0.205. The first-order valence-electron chi connectivity index (χ1n) is 11.0. The third-order valence-corrected chi connectivity index (χ3v) is 7.16. The van der Waals surface area contributed by atoms with Gasteiger partial charge in [-0.25, -0.2) is 0 Å². The van der Waals surface area contributed by atoms with E-state index in [1.807, 2.05) is 0 Å². The summed E-state index contributed by atoms with van der Waals surface area (Å²) in [7, 11) is 0. The zero-order valence-corrected chi connectivity index (χ0v) is 20.2. The number of aliphatic carboxylic acids is 2. The standard InChI is InChI=1S/C24H36O8/c1-21(2,17(25)26)19(29)31-23(5,6)15-13-9-11-14(12-10-13)16(15)24(7,8)32-20(30)22(3,4)18(27)28/h9,11,13-16H,10,12H2,1-8H3,(H,25,26)(H,27,28). The molecule has 0 aromatic carbocycles. The molecule has 4 atom stereocenters. The average molecular weight is 453 g/mol. The number of carbonyl (C=O) groups is 4. The summed E-state index contributed by atoms with van der Waals surface area (Å²) in [5, 5.41) is 18.8. The number of carboxylic acid groups (broad SMARTS) is 2. The number of carbonyl (C=O) groups excluding carboxylic acids is 2. The van der Waals surface area contributed by atoms with Crippen molar-refractivity contribution in [3.05, 3.63) is 12.2 Å². The van der Waals surface area contributed by atoms with Crippen LogP contribution >= 0.6 is 0 Å². The largest absolute Gasteiger partial charge is 0.480 e. The summed E-state index contributed by atoms with van der Waals surface area (Å²) in [4.78, 5) is 48.5. The van der Waals surface area contributed by atoms with Crippen LogP contribution in [0.15, 0.2) is 12.2 Å². The van der Waals surface area contributed by atoms with Gasteiger partial charge in [-0.2, -0.15) is 0 Å². The minimum Gasteiger partial charge on any atom is -0.480 e. The molecule has 8 nitrogen and oxygen atoms in total. The van der Waals surface area contributed by atoms with Crippen molar-refractivity contribution in [2.75, 3.05) is 0 Å². The van der Waals surface area contributed by atoms with Gasteiger partial charge < -0.3 is 19.7 Å². The molecule has 1 fully saturated rings. The molecule has 32 heavy (non-hydrogen) atoms. The van der Waals surface area contributed by atoms with Crippen LogP contribution in [0, 0.1) is 34.5 Å². The number of hydrogen-bond donors (Lipinski definition) is 2. The predicted molar refractivity (Wildman–Crippen MR) is 116 cm³/mol. The molecule has 1 saturated carbocycles. The van der Waals surface area contributed by atoms with E-state index in [0.717, 1.165) is 12.8 Å². The molecule has 0 heterocycles. The van der Waals surface area contributed by atoms with E-state index in [9.17, 15) is 29.4 Å². The topological polar surface area (TPSA) is 127 Å². The summed E-state index contributed by atoms with van der Waals surface area (Å²) in [6, 6.07) is 0. The summed E-state index contributed by atoms with van der Waals surface area (Å²) in [5.41, 5.74) is -5.50. The van der Waals surface area contributed by atoms with E-state index in [-0.39, 0.29) is 23.7 Å². The van der Waals surface area contributed by atoms with Gasteiger partial charge in [0.25, 0.3) is 0 Å². The fraction of sp³-hybridized carbons (Fsp3) is 0.750. The van der Waals surface area contributed by atoms with Crippen LogP contribution in [0.1, 0.15) is 68.2 Å². The van der Waals surface area contributed by atoms with Gasteiger partial charge >= 0.3 is 23.9 Å². The molecule has 8 heteroatoms. The minimum absolute atomic E-state index is 0.0474. The summed E-state index contributed by atoms with van der Waals surface area (Å²) in [6.07, 6.45) is 5.92. The van der Waals surface area contributed by atoms with Crippen LogP contribution in [-0.4, -0.2) is 45.3 Å². The Kier molecular flexibility index (Phi) is 6.63. The van der Waals surface area contributed by atoms with Gasteiger partial charge in [0.2, 0.25) is 0 Å². The van der Waals surface area contributed by atoms with E-state index in [1.165, 1.54) is 27.7 Å². The fourth-order valence-electron chi connectivity index (χ4n) is 4.93. The molecule has 3 aliphatic carbocycles. The Labute approximate surface area is 189 Å². The molecule has 3 aliphatic rings. The number of carboxylic acids is 2. The van der Waals surface area contributed by atoms with Gasteiger partial charge in [0.05, 0.1) is 0 Å². The third kappa shape index (κ3) is 4.55. The van der Waals surface area contributed by atoms with Crippen molar-refractivity contribution in [3.63, 3.8) is 0 Å². The highest BCUT2D eigenvalue weighted by molar-refractivity contribution is 5.98. The molecule has 2 bridgehead atoms. The lowest BCUT2D eigenvalue weighted by Crippen LogP contribution is -2.58. The smallest absolute Gasteiger partial charge is 0.323 e. The van der Waals surface area contributed by atoms with Gasteiger partial charge in [0.1, 0.15) is 11.2 Å². The number of rotatable bonds is 8. The summed E-state index contributed by atoms with van der Waals surface area (Å²) < 4.78 is 11.6. The van der Waals surface area contributed by atoms with Gasteiger partial charge in [0.15, 0.2) is 10.8 Å². The van der Waals surface area contributed by atoms with Crippen LogP contribution in [0.5, 0.6) is 0 Å². The number of esters is 2. The Morgan fingerprint density at radius 1 is 0.656 bits per heavy atom. The molecule has 0 spiro atoms. The van der Waals surface area contributed by atoms with Crippen LogP contribution < -0.4 is 0 Å². The van der Waals surface area contributed by atoms with Crippen molar-refractivity contribution in [2.24, 2.45) is 34.5 Å². The Hall–Kier alpha value is -2.38. The highest BCUT2D eigenvalue weighted by atomic mass is 16.6. The van der Waals surface area contributed by atoms with Gasteiger partial charge in [-0.15, -0.1) is 0 Å². The lowest BCUT2D eigenvalue weighted by atomic mass is 9.54. The number of ether oxygens (including phenoxy) is 2. The molecule has 0 amide bonds. The Balaban J connectivity index is 2.39. The Morgan fingerprint density at radius 2 is 0.938 bits per heavy atom. The van der Waals surface area contributed by atoms with Crippen molar-refractivity contribution in [1.29, 1.82) is 0 Å². The second-order valence-corrected chi connectivity index (χ2v) is 11.2. The van der Waals surface area contributed by atoms with E-state index in [0.29, 0.717) is 0 Å². The molecule has 0 saturated heterocycles. The molecule has 2 N–H and O–H groups in total. The lowest BCUT2D eigenvalue weighted by Gasteiger charge is -2.55. The van der Waals surface area contributed by atoms with Crippen LogP contribution in [0.2, 0.25) is 0 Å².